The molecule has 2 N–H and O–H groups in total. The van der Waals surface area contributed by atoms with Crippen molar-refractivity contribution in [2.24, 2.45) is 0 Å². The van der Waals surface area contributed by atoms with Crippen molar-refractivity contribution < 1.29 is 14.6 Å². The highest BCUT2D eigenvalue weighted by atomic mass is 16.6. The van der Waals surface area contributed by atoms with Crippen molar-refractivity contribution in [1.29, 1.82) is 0 Å². The summed E-state index contributed by atoms with van der Waals surface area (Å²) >= 11 is 0. The molecule has 0 spiro atoms. The molecule has 0 saturated carbocycles. The van der Waals surface area contributed by atoms with E-state index in [1.807, 2.05) is 39.2 Å². The van der Waals surface area contributed by atoms with Gasteiger partial charge < -0.3 is 24.6 Å². The zero-order chi connectivity index (χ0) is 24.2. The van der Waals surface area contributed by atoms with Crippen LogP contribution in [0.15, 0.2) is 18.7 Å². The maximum absolute atomic E-state index is 12.4. The number of nitrogens with zero attached hydrogens (tertiary/aromatic N) is 7. The van der Waals surface area contributed by atoms with E-state index in [2.05, 4.69) is 25.3 Å². The van der Waals surface area contributed by atoms with E-state index in [4.69, 9.17) is 14.8 Å². The van der Waals surface area contributed by atoms with Crippen molar-refractivity contribution in [2.75, 3.05) is 25.5 Å². The Morgan fingerprint density at radius 3 is 2.55 bits per heavy atom. The Morgan fingerprint density at radius 2 is 1.91 bits per heavy atom. The number of ether oxygens (including phenoxy) is 1. The fraction of sp³-hybridized carbons (Fsp3) is 0.545. The fourth-order valence-corrected chi connectivity index (χ4v) is 3.63. The lowest BCUT2D eigenvalue weighted by Gasteiger charge is -2.24. The van der Waals surface area contributed by atoms with Gasteiger partial charge in [-0.2, -0.15) is 0 Å². The first kappa shape index (κ1) is 24.3. The highest BCUT2D eigenvalue weighted by Crippen LogP contribution is 2.27. The lowest BCUT2D eigenvalue weighted by molar-refractivity contribution is 0.0293. The number of aryl methyl sites for hydroxylation is 2. The van der Waals surface area contributed by atoms with Crippen molar-refractivity contribution in [1.82, 2.24) is 34.4 Å². The van der Waals surface area contributed by atoms with Crippen LogP contribution in [0, 0.1) is 6.92 Å². The topological polar surface area (TPSA) is 131 Å². The van der Waals surface area contributed by atoms with Crippen molar-refractivity contribution in [2.45, 2.75) is 59.2 Å². The second-order valence-electron chi connectivity index (χ2n) is 8.65. The van der Waals surface area contributed by atoms with Crippen LogP contribution in [0.3, 0.4) is 0 Å². The summed E-state index contributed by atoms with van der Waals surface area (Å²) in [6.07, 6.45) is 5.59. The third kappa shape index (κ3) is 5.54. The molecule has 1 fully saturated rings. The van der Waals surface area contributed by atoms with Crippen LogP contribution < -0.4 is 5.32 Å². The number of likely N-dealkylation sites (tertiary alicyclic amines) is 1. The third-order valence-corrected chi connectivity index (χ3v) is 5.07. The van der Waals surface area contributed by atoms with Gasteiger partial charge in [-0.1, -0.05) is 0 Å². The number of imidazole rings is 1. The summed E-state index contributed by atoms with van der Waals surface area (Å²) in [5.74, 6) is 2.12. The fourth-order valence-electron chi connectivity index (χ4n) is 3.63. The first-order valence-corrected chi connectivity index (χ1v) is 10.9. The molecule has 4 rings (SSSR count). The highest BCUT2D eigenvalue weighted by molar-refractivity contribution is 5.86. The molecule has 1 amide bonds. The van der Waals surface area contributed by atoms with Gasteiger partial charge in [0.25, 0.3) is 0 Å². The maximum Gasteiger partial charge on any atom is 0.410 e. The molecule has 0 radical (unpaired) electrons. The first-order chi connectivity index (χ1) is 15.7. The minimum absolute atomic E-state index is 0.0588. The predicted molar refractivity (Wildman–Crippen MR) is 125 cm³/mol. The van der Waals surface area contributed by atoms with Crippen LogP contribution in [0.5, 0.6) is 0 Å². The zero-order valence-corrected chi connectivity index (χ0v) is 20.0. The normalized spacial score (nSPS) is 15.8. The molecule has 3 aromatic rings. The summed E-state index contributed by atoms with van der Waals surface area (Å²) in [6, 6.07) is 0.0588. The Kier molecular flexibility index (Phi) is 7.42. The van der Waals surface area contributed by atoms with E-state index in [1.54, 1.807) is 17.3 Å². The molecule has 0 bridgehead atoms. The smallest absolute Gasteiger partial charge is 0.410 e. The molecule has 3 aromatic heterocycles. The van der Waals surface area contributed by atoms with E-state index in [9.17, 15) is 4.79 Å². The molecule has 1 aliphatic rings. The number of amides is 1. The van der Waals surface area contributed by atoms with E-state index < -0.39 is 5.60 Å². The third-order valence-electron chi connectivity index (χ3n) is 5.07. The summed E-state index contributed by atoms with van der Waals surface area (Å²) in [6.45, 7) is 11.4. The van der Waals surface area contributed by atoms with E-state index in [0.717, 1.165) is 30.6 Å². The minimum atomic E-state index is -0.509. The summed E-state index contributed by atoms with van der Waals surface area (Å²) < 4.78 is 7.51. The molecule has 11 heteroatoms. The standard InChI is InChI=1S/C21H28N8O2.CH4O/c1-6-29-18(14-9-22-13(2)23-10-14)27-16-17(24-12-25-19(16)29)26-15-7-8-28(11-15)20(30)31-21(3,4)5;1-2/h9-10,12,15H,6-8,11H2,1-5H3,(H,24,25,26);2H,1H3. The average molecular weight is 457 g/mol. The Hall–Kier alpha value is -3.34. The maximum atomic E-state index is 12.4. The SMILES string of the molecule is CCn1c(-c2cnc(C)nc2)nc2c(NC3CCN(C(=O)OC(C)(C)C)C3)ncnc21.CO. The summed E-state index contributed by atoms with van der Waals surface area (Å²) in [7, 11) is 1.00. The van der Waals surface area contributed by atoms with Gasteiger partial charge in [0.2, 0.25) is 0 Å². The molecular weight excluding hydrogens is 424 g/mol. The largest absolute Gasteiger partial charge is 0.444 e. The quantitative estimate of drug-likeness (QED) is 0.608. The number of carbonyl (C=O) groups is 1. The van der Waals surface area contributed by atoms with E-state index in [1.165, 1.54) is 6.33 Å². The molecule has 178 valence electrons. The number of aliphatic hydroxyl groups excluding tert-OH is 1. The number of rotatable bonds is 4. The molecule has 0 aromatic carbocycles. The Balaban J connectivity index is 0.00000149. The van der Waals surface area contributed by atoms with Crippen LogP contribution in [0.1, 0.15) is 39.9 Å². The molecule has 33 heavy (non-hydrogen) atoms. The summed E-state index contributed by atoms with van der Waals surface area (Å²) in [5, 5.41) is 10.4. The second kappa shape index (κ2) is 10.1. The summed E-state index contributed by atoms with van der Waals surface area (Å²) in [5.41, 5.74) is 1.76. The van der Waals surface area contributed by atoms with E-state index in [0.29, 0.717) is 36.8 Å². The number of fused-ring (bicyclic) bond motifs is 1. The molecule has 0 aliphatic carbocycles. The van der Waals surface area contributed by atoms with Crippen molar-refractivity contribution in [3.8, 4) is 11.4 Å². The Labute approximate surface area is 193 Å². The lowest BCUT2D eigenvalue weighted by atomic mass is 10.2. The van der Waals surface area contributed by atoms with Crippen molar-refractivity contribution in [3.63, 3.8) is 0 Å². The Bertz CT molecular complexity index is 1090. The minimum Gasteiger partial charge on any atom is -0.444 e. The number of aliphatic hydroxyl groups is 1. The van der Waals surface area contributed by atoms with Crippen LogP contribution in [-0.4, -0.2) is 77.4 Å². The molecule has 4 heterocycles. The highest BCUT2D eigenvalue weighted by Gasteiger charge is 2.30. The van der Waals surface area contributed by atoms with E-state index >= 15 is 0 Å². The number of anilines is 1. The van der Waals surface area contributed by atoms with Gasteiger partial charge in [0, 0.05) is 45.2 Å². The monoisotopic (exact) mass is 456 g/mol. The molecule has 1 atom stereocenters. The van der Waals surface area contributed by atoms with Crippen LogP contribution in [-0.2, 0) is 11.3 Å². The summed E-state index contributed by atoms with van der Waals surface area (Å²) in [4.78, 5) is 36.4. The molecule has 1 aliphatic heterocycles. The zero-order valence-electron chi connectivity index (χ0n) is 20.0. The number of hydrogen-bond donors (Lipinski definition) is 2. The number of hydrogen-bond acceptors (Lipinski definition) is 9. The van der Waals surface area contributed by atoms with Crippen LogP contribution in [0.25, 0.3) is 22.6 Å². The first-order valence-electron chi connectivity index (χ1n) is 10.9. The number of carbonyl (C=O) groups excluding carboxylic acids is 1. The van der Waals surface area contributed by atoms with Crippen LogP contribution >= 0.6 is 0 Å². The van der Waals surface area contributed by atoms with E-state index in [-0.39, 0.29) is 12.1 Å². The lowest BCUT2D eigenvalue weighted by Crippen LogP contribution is -2.36. The van der Waals surface area contributed by atoms with Crippen molar-refractivity contribution >= 4 is 23.1 Å². The number of aromatic nitrogens is 6. The average Bonchev–Trinajstić information content (AvgIpc) is 3.40. The van der Waals surface area contributed by atoms with Gasteiger partial charge in [0.15, 0.2) is 17.0 Å². The molecule has 11 nitrogen and oxygen atoms in total. The molecular formula is C22H32N8O3. The predicted octanol–water partition coefficient (Wildman–Crippen LogP) is 2.64. The van der Waals surface area contributed by atoms with Gasteiger partial charge in [-0.25, -0.2) is 29.7 Å². The van der Waals surface area contributed by atoms with Gasteiger partial charge in [0.1, 0.15) is 23.6 Å². The van der Waals surface area contributed by atoms with Crippen LogP contribution in [0.4, 0.5) is 10.6 Å². The molecule has 1 unspecified atom stereocenters. The Morgan fingerprint density at radius 1 is 1.21 bits per heavy atom. The second-order valence-corrected chi connectivity index (χ2v) is 8.65. The van der Waals surface area contributed by atoms with Gasteiger partial charge >= 0.3 is 6.09 Å². The van der Waals surface area contributed by atoms with Gasteiger partial charge in [-0.05, 0) is 41.0 Å². The molecule has 1 saturated heterocycles. The van der Waals surface area contributed by atoms with Gasteiger partial charge in [-0.3, -0.25) is 0 Å². The number of nitrogens with one attached hydrogen (secondary N) is 1. The van der Waals surface area contributed by atoms with Gasteiger partial charge in [0.05, 0.1) is 5.56 Å². The van der Waals surface area contributed by atoms with Crippen LogP contribution in [0.2, 0.25) is 0 Å². The van der Waals surface area contributed by atoms with Gasteiger partial charge in [-0.15, -0.1) is 0 Å². The van der Waals surface area contributed by atoms with Crippen molar-refractivity contribution in [3.05, 3.63) is 24.5 Å².